The van der Waals surface area contributed by atoms with Crippen molar-refractivity contribution >= 4 is 34.0 Å². The van der Waals surface area contributed by atoms with Gasteiger partial charge in [-0.05, 0) is 50.0 Å². The Morgan fingerprint density at radius 1 is 1.17 bits per heavy atom. The van der Waals surface area contributed by atoms with Crippen LogP contribution in [0.2, 0.25) is 5.02 Å². The summed E-state index contributed by atoms with van der Waals surface area (Å²) in [6, 6.07) is 7.42. The van der Waals surface area contributed by atoms with E-state index < -0.39 is 0 Å². The van der Waals surface area contributed by atoms with Crippen LogP contribution in [0.4, 0.5) is 11.5 Å². The lowest BCUT2D eigenvalue weighted by Gasteiger charge is -2.16. The third kappa shape index (κ3) is 4.16. The summed E-state index contributed by atoms with van der Waals surface area (Å²) in [5.74, 6) is 1.29. The fourth-order valence-electron chi connectivity index (χ4n) is 3.45. The van der Waals surface area contributed by atoms with Crippen molar-refractivity contribution < 1.29 is 14.6 Å². The zero-order chi connectivity index (χ0) is 20.2. The molecule has 0 unspecified atom stereocenters. The Bertz CT molecular complexity index is 1030. The molecule has 2 heterocycles. The minimum atomic E-state index is -0.0182. The summed E-state index contributed by atoms with van der Waals surface area (Å²) in [4.78, 5) is 8.69. The zero-order valence-corrected chi connectivity index (χ0v) is 16.9. The number of hydrogen-bond acceptors (Lipinski definition) is 7. The van der Waals surface area contributed by atoms with Crippen LogP contribution in [-0.4, -0.2) is 41.9 Å². The number of aromatic nitrogens is 2. The molecule has 0 amide bonds. The summed E-state index contributed by atoms with van der Waals surface area (Å²) >= 11 is 6.25. The number of aromatic hydroxyl groups is 1. The molecule has 0 saturated heterocycles. The van der Waals surface area contributed by atoms with Crippen molar-refractivity contribution in [2.24, 2.45) is 0 Å². The summed E-state index contributed by atoms with van der Waals surface area (Å²) in [5, 5.41) is 18.8. The molecule has 152 valence electrons. The third-order valence-electron chi connectivity index (χ3n) is 4.91. The van der Waals surface area contributed by atoms with E-state index in [9.17, 15) is 5.11 Å². The number of aryl methyl sites for hydroxylation is 1. The van der Waals surface area contributed by atoms with Gasteiger partial charge in [-0.25, -0.2) is 9.97 Å². The molecule has 1 aliphatic rings. The molecular formula is C21H23ClN4O3. The highest BCUT2D eigenvalue weighted by atomic mass is 35.5. The molecule has 0 aliphatic carbocycles. The molecule has 1 aromatic heterocycles. The molecule has 0 spiro atoms. The molecule has 0 atom stereocenters. The van der Waals surface area contributed by atoms with E-state index >= 15 is 0 Å². The second-order valence-electron chi connectivity index (χ2n) is 6.85. The first-order valence-electron chi connectivity index (χ1n) is 9.61. The summed E-state index contributed by atoms with van der Waals surface area (Å²) < 4.78 is 11.3. The second kappa shape index (κ2) is 8.71. The zero-order valence-electron chi connectivity index (χ0n) is 16.2. The summed E-state index contributed by atoms with van der Waals surface area (Å²) in [6.07, 6.45) is 4.13. The topological polar surface area (TPSA) is 88.5 Å². The highest BCUT2D eigenvalue weighted by molar-refractivity contribution is 6.30. The van der Waals surface area contributed by atoms with Crippen molar-refractivity contribution in [2.45, 2.75) is 19.3 Å². The summed E-state index contributed by atoms with van der Waals surface area (Å²) in [6.45, 7) is 2.22. The lowest BCUT2D eigenvalue weighted by Crippen LogP contribution is -2.19. The number of halogens is 1. The van der Waals surface area contributed by atoms with Crippen molar-refractivity contribution in [1.29, 1.82) is 0 Å². The largest absolute Gasteiger partial charge is 0.504 e. The number of fused-ring (bicyclic) bond motifs is 2. The first-order valence-corrected chi connectivity index (χ1v) is 9.99. The van der Waals surface area contributed by atoms with Crippen LogP contribution in [0.1, 0.15) is 18.4 Å². The number of rotatable bonds is 1. The van der Waals surface area contributed by atoms with Crippen LogP contribution in [0.25, 0.3) is 10.9 Å². The molecule has 1 aliphatic heterocycles. The number of ether oxygens (including phenoxy) is 2. The average molecular weight is 415 g/mol. The van der Waals surface area contributed by atoms with Crippen LogP contribution in [0.3, 0.4) is 0 Å². The van der Waals surface area contributed by atoms with Gasteiger partial charge in [0.2, 0.25) is 0 Å². The Labute approximate surface area is 174 Å². The Morgan fingerprint density at radius 2 is 2.03 bits per heavy atom. The number of hydrogen-bond donors (Lipinski definition) is 3. The van der Waals surface area contributed by atoms with Crippen molar-refractivity contribution in [3.05, 3.63) is 41.2 Å². The maximum Gasteiger partial charge on any atom is 0.171 e. The SMILES string of the molecule is COc1cc2c(O)c3c(ncnc13)Nc1cc(Cl)ccc1CCCNCCCO2. The van der Waals surface area contributed by atoms with Crippen LogP contribution >= 0.6 is 11.6 Å². The lowest BCUT2D eigenvalue weighted by molar-refractivity contribution is 0.291. The second-order valence-corrected chi connectivity index (χ2v) is 7.29. The smallest absolute Gasteiger partial charge is 0.171 e. The van der Waals surface area contributed by atoms with E-state index in [4.69, 9.17) is 21.1 Å². The highest BCUT2D eigenvalue weighted by Gasteiger charge is 2.19. The first kappa shape index (κ1) is 19.5. The molecule has 8 heteroatoms. The van der Waals surface area contributed by atoms with Gasteiger partial charge in [-0.2, -0.15) is 0 Å². The van der Waals surface area contributed by atoms with Crippen molar-refractivity contribution in [3.63, 3.8) is 0 Å². The fourth-order valence-corrected chi connectivity index (χ4v) is 3.63. The predicted octanol–water partition coefficient (Wildman–Crippen LogP) is 4.05. The third-order valence-corrected chi connectivity index (χ3v) is 5.15. The van der Waals surface area contributed by atoms with Gasteiger partial charge in [0.05, 0.1) is 19.1 Å². The van der Waals surface area contributed by atoms with Crippen LogP contribution in [0, 0.1) is 0 Å². The van der Waals surface area contributed by atoms with Gasteiger partial charge in [0.25, 0.3) is 0 Å². The van der Waals surface area contributed by atoms with E-state index in [1.165, 1.54) is 6.33 Å². The Kier molecular flexibility index (Phi) is 5.87. The molecule has 3 N–H and O–H groups in total. The van der Waals surface area contributed by atoms with E-state index in [2.05, 4.69) is 20.6 Å². The fraction of sp³-hybridized carbons (Fsp3) is 0.333. The van der Waals surface area contributed by atoms with Gasteiger partial charge in [0.15, 0.2) is 11.5 Å². The van der Waals surface area contributed by atoms with Gasteiger partial charge >= 0.3 is 0 Å². The number of nitrogens with zero attached hydrogens (tertiary/aromatic N) is 2. The van der Waals surface area contributed by atoms with E-state index in [-0.39, 0.29) is 5.75 Å². The Balaban J connectivity index is 1.88. The van der Waals surface area contributed by atoms with Gasteiger partial charge in [0.1, 0.15) is 23.4 Å². The van der Waals surface area contributed by atoms with Crippen LogP contribution < -0.4 is 20.1 Å². The average Bonchev–Trinajstić information content (AvgIpc) is 2.72. The lowest BCUT2D eigenvalue weighted by atomic mass is 10.1. The number of anilines is 2. The van der Waals surface area contributed by atoms with E-state index in [1.54, 1.807) is 13.2 Å². The molecule has 0 radical (unpaired) electrons. The quantitative estimate of drug-likeness (QED) is 0.553. The molecule has 2 bridgehead atoms. The number of benzene rings is 2. The monoisotopic (exact) mass is 414 g/mol. The maximum absolute atomic E-state index is 10.9. The Morgan fingerprint density at radius 3 is 2.90 bits per heavy atom. The number of nitrogens with one attached hydrogen (secondary N) is 2. The van der Waals surface area contributed by atoms with Crippen LogP contribution in [0.5, 0.6) is 17.2 Å². The van der Waals surface area contributed by atoms with E-state index in [1.807, 2.05) is 18.2 Å². The van der Waals surface area contributed by atoms with Gasteiger partial charge in [-0.3, -0.25) is 0 Å². The van der Waals surface area contributed by atoms with Crippen molar-refractivity contribution in [3.8, 4) is 17.2 Å². The molecule has 29 heavy (non-hydrogen) atoms. The van der Waals surface area contributed by atoms with Gasteiger partial charge in [-0.1, -0.05) is 17.7 Å². The molecule has 0 saturated carbocycles. The molecule has 4 rings (SSSR count). The number of phenolic OH excluding ortho intramolecular Hbond substituents is 1. The minimum absolute atomic E-state index is 0.0182. The highest BCUT2D eigenvalue weighted by Crippen LogP contribution is 2.43. The van der Waals surface area contributed by atoms with E-state index in [0.29, 0.717) is 39.8 Å². The van der Waals surface area contributed by atoms with Gasteiger partial charge in [-0.15, -0.1) is 0 Å². The minimum Gasteiger partial charge on any atom is -0.504 e. The normalized spacial score (nSPS) is 15.0. The maximum atomic E-state index is 10.9. The van der Waals surface area contributed by atoms with Crippen LogP contribution in [0.15, 0.2) is 30.6 Å². The summed E-state index contributed by atoms with van der Waals surface area (Å²) in [7, 11) is 1.56. The molecular weight excluding hydrogens is 392 g/mol. The number of phenols is 1. The van der Waals surface area contributed by atoms with Crippen molar-refractivity contribution in [1.82, 2.24) is 15.3 Å². The van der Waals surface area contributed by atoms with Crippen LogP contribution in [-0.2, 0) is 6.42 Å². The Hall–Kier alpha value is -2.77. The van der Waals surface area contributed by atoms with Gasteiger partial charge in [0, 0.05) is 16.8 Å². The summed E-state index contributed by atoms with van der Waals surface area (Å²) in [5.41, 5.74) is 2.47. The molecule has 3 aromatic rings. The number of methoxy groups -OCH3 is 1. The standard InChI is InChI=1S/C21H23ClN4O3/c1-28-16-11-17-20(27)18-19(16)24-12-25-21(18)26-15-10-14(22)6-5-13(15)4-2-7-23-8-3-9-29-17/h5-6,10-12,23,27H,2-4,7-9H2,1H3,(H,24,25,26). The first-order chi connectivity index (χ1) is 14.2. The molecule has 0 fully saturated rings. The molecule has 7 nitrogen and oxygen atoms in total. The van der Waals surface area contributed by atoms with Gasteiger partial charge < -0.3 is 25.2 Å². The van der Waals surface area contributed by atoms with E-state index in [0.717, 1.165) is 43.6 Å². The predicted molar refractivity (Wildman–Crippen MR) is 114 cm³/mol. The van der Waals surface area contributed by atoms with Crippen molar-refractivity contribution in [2.75, 3.05) is 32.1 Å². The molecule has 2 aromatic carbocycles.